The van der Waals surface area contributed by atoms with Crippen LogP contribution in [-0.4, -0.2) is 17.4 Å². The number of halogens is 1. The number of aromatic nitrogens is 1. The smallest absolute Gasteiger partial charge is 0.251 e. The molecule has 0 saturated carbocycles. The van der Waals surface area contributed by atoms with Crippen LogP contribution in [0, 0.1) is 0 Å². The van der Waals surface area contributed by atoms with Crippen molar-refractivity contribution in [2.24, 2.45) is 0 Å². The van der Waals surface area contributed by atoms with E-state index in [1.165, 1.54) is 17.3 Å². The maximum absolute atomic E-state index is 12.3. The van der Waals surface area contributed by atoms with E-state index in [0.717, 1.165) is 6.42 Å². The number of hydrogen-bond donors (Lipinski definition) is 1. The van der Waals surface area contributed by atoms with Crippen molar-refractivity contribution in [3.8, 4) is 0 Å². The molecule has 3 aromatic rings. The molecule has 0 fully saturated rings. The summed E-state index contributed by atoms with van der Waals surface area (Å²) >= 11 is 5.84. The largest absolute Gasteiger partial charge is 0.352 e. The fourth-order valence-corrected chi connectivity index (χ4v) is 3.05. The zero-order valence-electron chi connectivity index (χ0n) is 13.7. The number of nitrogens with one attached hydrogen (secondary N) is 1. The van der Waals surface area contributed by atoms with Gasteiger partial charge in [0.2, 0.25) is 0 Å². The second-order valence-corrected chi connectivity index (χ2v) is 6.17. The predicted octanol–water partition coefficient (Wildman–Crippen LogP) is 4.69. The van der Waals surface area contributed by atoms with Crippen molar-refractivity contribution in [3.63, 3.8) is 0 Å². The first-order valence-corrected chi connectivity index (χ1v) is 8.61. The number of rotatable bonds is 6. The molecule has 2 aromatic carbocycles. The molecule has 1 aromatic heterocycles. The molecular weight excluding hydrogens is 332 g/mol. The highest BCUT2D eigenvalue weighted by Gasteiger charge is 2.14. The standard InChI is InChI=1S/C21H19ClN2O/c22-20-15-18(11-13-23-20)21(25)24-14-12-19(16-7-3-1-4-8-16)17-9-5-2-6-10-17/h1-11,13,15,19H,12,14H2,(H,24,25). The lowest BCUT2D eigenvalue weighted by Crippen LogP contribution is -2.25. The summed E-state index contributed by atoms with van der Waals surface area (Å²) in [7, 11) is 0. The molecule has 0 bridgehead atoms. The van der Waals surface area contributed by atoms with E-state index in [1.807, 2.05) is 36.4 Å². The van der Waals surface area contributed by atoms with Gasteiger partial charge in [0, 0.05) is 24.2 Å². The van der Waals surface area contributed by atoms with Gasteiger partial charge in [-0.25, -0.2) is 4.98 Å². The van der Waals surface area contributed by atoms with Crippen molar-refractivity contribution in [2.45, 2.75) is 12.3 Å². The van der Waals surface area contributed by atoms with Crippen molar-refractivity contribution in [3.05, 3.63) is 101 Å². The third kappa shape index (κ3) is 4.68. The Morgan fingerprint density at radius 1 is 0.960 bits per heavy atom. The van der Waals surface area contributed by atoms with Crippen LogP contribution < -0.4 is 5.32 Å². The minimum atomic E-state index is -0.135. The van der Waals surface area contributed by atoms with Crippen LogP contribution in [0.4, 0.5) is 0 Å². The van der Waals surface area contributed by atoms with Gasteiger partial charge in [0.05, 0.1) is 0 Å². The number of amides is 1. The average Bonchev–Trinajstić information content (AvgIpc) is 2.66. The third-order valence-electron chi connectivity index (χ3n) is 4.11. The zero-order chi connectivity index (χ0) is 17.5. The quantitative estimate of drug-likeness (QED) is 0.655. The van der Waals surface area contributed by atoms with Crippen molar-refractivity contribution < 1.29 is 4.79 Å². The van der Waals surface area contributed by atoms with Crippen molar-refractivity contribution in [1.29, 1.82) is 0 Å². The number of nitrogens with zero attached hydrogens (tertiary/aromatic N) is 1. The van der Waals surface area contributed by atoms with Gasteiger partial charge < -0.3 is 5.32 Å². The number of carbonyl (C=O) groups excluding carboxylic acids is 1. The van der Waals surface area contributed by atoms with Crippen LogP contribution >= 0.6 is 11.6 Å². The number of pyridine rings is 1. The van der Waals surface area contributed by atoms with E-state index < -0.39 is 0 Å². The molecule has 0 aliphatic carbocycles. The van der Waals surface area contributed by atoms with Gasteiger partial charge in [-0.2, -0.15) is 0 Å². The number of carbonyl (C=O) groups is 1. The van der Waals surface area contributed by atoms with Crippen LogP contribution in [0.1, 0.15) is 33.8 Å². The van der Waals surface area contributed by atoms with Crippen LogP contribution in [0.3, 0.4) is 0 Å². The zero-order valence-corrected chi connectivity index (χ0v) is 14.5. The molecule has 25 heavy (non-hydrogen) atoms. The van der Waals surface area contributed by atoms with E-state index in [2.05, 4.69) is 34.6 Å². The van der Waals surface area contributed by atoms with Crippen LogP contribution in [0.2, 0.25) is 5.15 Å². The Morgan fingerprint density at radius 2 is 1.56 bits per heavy atom. The summed E-state index contributed by atoms with van der Waals surface area (Å²) in [6.07, 6.45) is 2.35. The topological polar surface area (TPSA) is 42.0 Å². The minimum Gasteiger partial charge on any atom is -0.352 e. The maximum atomic E-state index is 12.3. The normalized spacial score (nSPS) is 10.6. The third-order valence-corrected chi connectivity index (χ3v) is 4.32. The second-order valence-electron chi connectivity index (χ2n) is 5.79. The summed E-state index contributed by atoms with van der Waals surface area (Å²) in [5.74, 6) is 0.105. The van der Waals surface area contributed by atoms with Gasteiger partial charge in [0.15, 0.2) is 0 Å². The molecule has 0 spiro atoms. The molecule has 1 heterocycles. The van der Waals surface area contributed by atoms with Crippen molar-refractivity contribution in [2.75, 3.05) is 6.54 Å². The van der Waals surface area contributed by atoms with E-state index in [4.69, 9.17) is 11.6 Å². The molecule has 0 aliphatic heterocycles. The average molecular weight is 351 g/mol. The van der Waals surface area contributed by atoms with Gasteiger partial charge in [-0.3, -0.25) is 4.79 Å². The number of benzene rings is 2. The Balaban J connectivity index is 1.68. The van der Waals surface area contributed by atoms with Gasteiger partial charge in [0.25, 0.3) is 5.91 Å². The predicted molar refractivity (Wildman–Crippen MR) is 101 cm³/mol. The van der Waals surface area contributed by atoms with Crippen molar-refractivity contribution >= 4 is 17.5 Å². The molecule has 3 nitrogen and oxygen atoms in total. The highest BCUT2D eigenvalue weighted by molar-refractivity contribution is 6.29. The molecular formula is C21H19ClN2O. The fraction of sp³-hybridized carbons (Fsp3) is 0.143. The lowest BCUT2D eigenvalue weighted by Gasteiger charge is -2.18. The second kappa shape index (κ2) is 8.45. The van der Waals surface area contributed by atoms with Gasteiger partial charge in [0.1, 0.15) is 5.15 Å². The summed E-state index contributed by atoms with van der Waals surface area (Å²) < 4.78 is 0. The van der Waals surface area contributed by atoms with E-state index in [-0.39, 0.29) is 11.8 Å². The van der Waals surface area contributed by atoms with Crippen LogP contribution in [0.5, 0.6) is 0 Å². The Labute approximate surface area is 152 Å². The molecule has 3 rings (SSSR count). The Hall–Kier alpha value is -2.65. The fourth-order valence-electron chi connectivity index (χ4n) is 2.87. The summed E-state index contributed by atoms with van der Waals surface area (Å²) in [5, 5.41) is 3.29. The molecule has 1 amide bonds. The molecule has 0 atom stereocenters. The highest BCUT2D eigenvalue weighted by Crippen LogP contribution is 2.27. The Kier molecular flexibility index (Phi) is 5.81. The Morgan fingerprint density at radius 3 is 2.12 bits per heavy atom. The molecule has 0 saturated heterocycles. The number of hydrogen-bond acceptors (Lipinski definition) is 2. The Bertz CT molecular complexity index is 782. The molecule has 1 N–H and O–H groups in total. The van der Waals surface area contributed by atoms with E-state index in [9.17, 15) is 4.79 Å². The van der Waals surface area contributed by atoms with E-state index in [0.29, 0.717) is 17.3 Å². The summed E-state index contributed by atoms with van der Waals surface area (Å²) in [4.78, 5) is 16.1. The SMILES string of the molecule is O=C(NCCC(c1ccccc1)c1ccccc1)c1ccnc(Cl)c1. The maximum Gasteiger partial charge on any atom is 0.251 e. The summed E-state index contributed by atoms with van der Waals surface area (Å²) in [5.41, 5.74) is 3.01. The molecule has 4 heteroatoms. The summed E-state index contributed by atoms with van der Waals surface area (Å²) in [6.45, 7) is 0.577. The van der Waals surface area contributed by atoms with E-state index >= 15 is 0 Å². The van der Waals surface area contributed by atoms with Gasteiger partial charge >= 0.3 is 0 Å². The van der Waals surface area contributed by atoms with Gasteiger partial charge in [-0.1, -0.05) is 72.3 Å². The monoisotopic (exact) mass is 350 g/mol. The lowest BCUT2D eigenvalue weighted by atomic mass is 9.88. The summed E-state index contributed by atoms with van der Waals surface area (Å²) in [6, 6.07) is 23.9. The minimum absolute atomic E-state index is 0.135. The molecule has 0 unspecified atom stereocenters. The lowest BCUT2D eigenvalue weighted by molar-refractivity contribution is 0.0952. The first-order valence-electron chi connectivity index (χ1n) is 8.23. The van der Waals surface area contributed by atoms with E-state index in [1.54, 1.807) is 12.1 Å². The first kappa shape index (κ1) is 17.2. The van der Waals surface area contributed by atoms with Crippen LogP contribution in [-0.2, 0) is 0 Å². The first-order chi connectivity index (χ1) is 12.2. The molecule has 0 aliphatic rings. The molecule has 126 valence electrons. The van der Waals surface area contributed by atoms with Gasteiger partial charge in [-0.15, -0.1) is 0 Å². The molecule has 0 radical (unpaired) electrons. The van der Waals surface area contributed by atoms with Crippen LogP contribution in [0.15, 0.2) is 79.0 Å². The van der Waals surface area contributed by atoms with Crippen LogP contribution in [0.25, 0.3) is 0 Å². The highest BCUT2D eigenvalue weighted by atomic mass is 35.5. The van der Waals surface area contributed by atoms with Crippen molar-refractivity contribution in [1.82, 2.24) is 10.3 Å². The van der Waals surface area contributed by atoms with Gasteiger partial charge in [-0.05, 0) is 29.7 Å².